The van der Waals surface area contributed by atoms with Crippen molar-refractivity contribution in [2.24, 2.45) is 0 Å². The van der Waals surface area contributed by atoms with Crippen molar-refractivity contribution in [3.8, 4) is 17.1 Å². The molecule has 0 amide bonds. The molecule has 0 saturated heterocycles. The molecule has 0 N–H and O–H groups in total. The van der Waals surface area contributed by atoms with Gasteiger partial charge in [-0.2, -0.15) is 0 Å². The van der Waals surface area contributed by atoms with Crippen LogP contribution in [0.4, 0.5) is 4.39 Å². The Morgan fingerprint density at radius 3 is 2.48 bits per heavy atom. The van der Waals surface area contributed by atoms with Crippen LogP contribution >= 0.6 is 15.9 Å². The largest absolute Gasteiger partial charge is 0.497 e. The highest BCUT2D eigenvalue weighted by Crippen LogP contribution is 2.28. The highest BCUT2D eigenvalue weighted by molar-refractivity contribution is 9.15. The minimum Gasteiger partial charge on any atom is -0.497 e. The first-order valence-electron chi connectivity index (χ1n) is 6.89. The van der Waals surface area contributed by atoms with Crippen LogP contribution in [0.1, 0.15) is 11.5 Å². The van der Waals surface area contributed by atoms with Crippen LogP contribution in [0.5, 0.6) is 5.75 Å². The van der Waals surface area contributed by atoms with E-state index in [0.29, 0.717) is 11.7 Å². The number of rotatable bonds is 4. The van der Waals surface area contributed by atoms with Crippen LogP contribution in [-0.4, -0.2) is 12.1 Å². The number of ether oxygens (including phenoxy) is 1. The lowest BCUT2D eigenvalue weighted by atomic mass is 10.2. The summed E-state index contributed by atoms with van der Waals surface area (Å²) in [6.07, 6.45) is 3.52. The molecule has 1 aromatic heterocycles. The normalized spacial score (nSPS) is 11.5. The van der Waals surface area contributed by atoms with Crippen LogP contribution in [0, 0.1) is 5.82 Å². The van der Waals surface area contributed by atoms with E-state index in [4.69, 9.17) is 9.15 Å². The second-order valence-corrected chi connectivity index (χ2v) is 5.66. The third-order valence-electron chi connectivity index (χ3n) is 3.25. The van der Waals surface area contributed by atoms with Gasteiger partial charge in [0.15, 0.2) is 5.76 Å². The summed E-state index contributed by atoms with van der Waals surface area (Å²) >= 11 is 3.47. The molecule has 23 heavy (non-hydrogen) atoms. The van der Waals surface area contributed by atoms with Crippen molar-refractivity contribution in [2.45, 2.75) is 0 Å². The monoisotopic (exact) mass is 373 g/mol. The molecule has 0 unspecified atom stereocenters. The smallest absolute Gasteiger partial charge is 0.233 e. The topological polar surface area (TPSA) is 35.3 Å². The van der Waals surface area contributed by atoms with E-state index in [2.05, 4.69) is 20.9 Å². The average molecular weight is 374 g/mol. The Labute approximate surface area is 141 Å². The minimum absolute atomic E-state index is 0.283. The van der Waals surface area contributed by atoms with E-state index in [1.165, 1.54) is 12.1 Å². The van der Waals surface area contributed by atoms with Crippen molar-refractivity contribution in [3.05, 3.63) is 72.0 Å². The first kappa shape index (κ1) is 15.5. The highest BCUT2D eigenvalue weighted by atomic mass is 79.9. The number of methoxy groups -OCH3 is 1. The van der Waals surface area contributed by atoms with Crippen LogP contribution < -0.4 is 4.74 Å². The van der Waals surface area contributed by atoms with E-state index >= 15 is 0 Å². The van der Waals surface area contributed by atoms with Gasteiger partial charge in [0, 0.05) is 5.56 Å². The molecule has 0 aliphatic rings. The number of aromatic nitrogens is 1. The summed E-state index contributed by atoms with van der Waals surface area (Å²) in [5, 5.41) is 0. The maximum atomic E-state index is 13.0. The van der Waals surface area contributed by atoms with E-state index in [0.717, 1.165) is 21.4 Å². The van der Waals surface area contributed by atoms with E-state index in [9.17, 15) is 4.39 Å². The number of oxazole rings is 1. The molecule has 0 aliphatic heterocycles. The summed E-state index contributed by atoms with van der Waals surface area (Å²) in [7, 11) is 1.63. The lowest BCUT2D eigenvalue weighted by Crippen LogP contribution is -1.82. The van der Waals surface area contributed by atoms with Crippen LogP contribution in [0.2, 0.25) is 0 Å². The lowest BCUT2D eigenvalue weighted by Gasteiger charge is -2.00. The van der Waals surface area contributed by atoms with Gasteiger partial charge in [-0.15, -0.1) is 0 Å². The van der Waals surface area contributed by atoms with Gasteiger partial charge in [0.05, 0.1) is 17.8 Å². The van der Waals surface area contributed by atoms with Crippen LogP contribution in [-0.2, 0) is 0 Å². The molecular weight excluding hydrogens is 361 g/mol. The van der Waals surface area contributed by atoms with Crippen LogP contribution in [0.15, 0.2) is 59.1 Å². The zero-order valence-electron chi connectivity index (χ0n) is 12.3. The fourth-order valence-corrected chi connectivity index (χ4v) is 2.49. The molecule has 0 radical (unpaired) electrons. The van der Waals surface area contributed by atoms with E-state index in [-0.39, 0.29) is 5.82 Å². The Morgan fingerprint density at radius 2 is 1.83 bits per heavy atom. The number of hydrogen-bond acceptors (Lipinski definition) is 3. The molecule has 0 spiro atoms. The van der Waals surface area contributed by atoms with Crippen LogP contribution in [0.3, 0.4) is 0 Å². The summed E-state index contributed by atoms with van der Waals surface area (Å²) in [5.41, 5.74) is 1.76. The van der Waals surface area contributed by atoms with Gasteiger partial charge in [-0.05, 0) is 64.0 Å². The van der Waals surface area contributed by atoms with Crippen molar-refractivity contribution in [3.63, 3.8) is 0 Å². The Morgan fingerprint density at radius 1 is 1.13 bits per heavy atom. The molecule has 3 aromatic rings. The van der Waals surface area contributed by atoms with Gasteiger partial charge in [0.2, 0.25) is 5.89 Å². The van der Waals surface area contributed by atoms with Crippen molar-refractivity contribution in [2.75, 3.05) is 7.11 Å². The third-order valence-corrected chi connectivity index (χ3v) is 3.82. The zero-order valence-corrected chi connectivity index (χ0v) is 13.9. The molecule has 0 atom stereocenters. The SMILES string of the molecule is COc1ccc(/C=C(\Br)c2ncc(-c3ccc(F)cc3)o2)cc1. The maximum Gasteiger partial charge on any atom is 0.233 e. The Hall–Kier alpha value is -2.40. The molecule has 5 heteroatoms. The molecule has 0 bridgehead atoms. The van der Waals surface area contributed by atoms with Gasteiger partial charge < -0.3 is 9.15 Å². The predicted octanol–water partition coefficient (Wildman–Crippen LogP) is 5.38. The molecule has 2 aromatic carbocycles. The van der Waals surface area contributed by atoms with Gasteiger partial charge in [-0.3, -0.25) is 0 Å². The number of hydrogen-bond donors (Lipinski definition) is 0. The quantitative estimate of drug-likeness (QED) is 0.615. The number of nitrogens with zero attached hydrogens (tertiary/aromatic N) is 1. The van der Waals surface area contributed by atoms with E-state index in [1.54, 1.807) is 25.4 Å². The Kier molecular flexibility index (Phi) is 4.57. The second-order valence-electron chi connectivity index (χ2n) is 4.80. The Bertz CT molecular complexity index is 823. The molecular formula is C18H13BrFNO2. The average Bonchev–Trinajstić information content (AvgIpc) is 3.06. The van der Waals surface area contributed by atoms with Gasteiger partial charge in [-0.1, -0.05) is 12.1 Å². The standard InChI is InChI=1S/C18H13BrFNO2/c1-22-15-8-2-12(3-9-15)10-16(19)18-21-11-17(23-18)13-4-6-14(20)7-5-13/h2-11H,1H3/b16-10-. The van der Waals surface area contributed by atoms with E-state index < -0.39 is 0 Å². The Balaban J connectivity index is 1.83. The number of halogens is 2. The lowest BCUT2D eigenvalue weighted by molar-refractivity contribution is 0.415. The molecule has 116 valence electrons. The molecule has 3 rings (SSSR count). The fourth-order valence-electron chi connectivity index (χ4n) is 2.04. The molecule has 0 aliphatic carbocycles. The summed E-state index contributed by atoms with van der Waals surface area (Å²) in [6.45, 7) is 0. The molecule has 0 fully saturated rings. The van der Waals surface area contributed by atoms with Crippen LogP contribution in [0.25, 0.3) is 21.9 Å². The first-order chi connectivity index (χ1) is 11.2. The van der Waals surface area contributed by atoms with Crippen molar-refractivity contribution < 1.29 is 13.5 Å². The summed E-state index contributed by atoms with van der Waals surface area (Å²) in [6, 6.07) is 13.7. The van der Waals surface area contributed by atoms with Gasteiger partial charge >= 0.3 is 0 Å². The summed E-state index contributed by atoms with van der Waals surface area (Å²) in [5.74, 6) is 1.56. The van der Waals surface area contributed by atoms with Crippen molar-refractivity contribution in [1.29, 1.82) is 0 Å². The highest BCUT2D eigenvalue weighted by Gasteiger charge is 2.09. The van der Waals surface area contributed by atoms with Gasteiger partial charge in [-0.25, -0.2) is 9.37 Å². The summed E-state index contributed by atoms with van der Waals surface area (Å²) in [4.78, 5) is 4.24. The zero-order chi connectivity index (χ0) is 16.2. The maximum absolute atomic E-state index is 13.0. The van der Waals surface area contributed by atoms with Gasteiger partial charge in [0.25, 0.3) is 0 Å². The predicted molar refractivity (Wildman–Crippen MR) is 91.7 cm³/mol. The van der Waals surface area contributed by atoms with E-state index in [1.807, 2.05) is 30.3 Å². The number of benzene rings is 2. The van der Waals surface area contributed by atoms with Crippen molar-refractivity contribution in [1.82, 2.24) is 4.98 Å². The van der Waals surface area contributed by atoms with Crippen molar-refractivity contribution >= 4 is 26.5 Å². The van der Waals surface area contributed by atoms with Gasteiger partial charge in [0.1, 0.15) is 11.6 Å². The second kappa shape index (κ2) is 6.79. The minimum atomic E-state index is -0.283. The third kappa shape index (κ3) is 3.68. The fraction of sp³-hybridized carbons (Fsp3) is 0.0556. The molecule has 1 heterocycles. The first-order valence-corrected chi connectivity index (χ1v) is 7.68. The molecule has 0 saturated carbocycles. The summed E-state index contributed by atoms with van der Waals surface area (Å²) < 4.78 is 24.5. The molecule has 3 nitrogen and oxygen atoms in total.